The number of carbonyl (C=O) groups excluding carboxylic acids is 2. The Balaban J connectivity index is 1.58. The predicted molar refractivity (Wildman–Crippen MR) is 178 cm³/mol. The maximum atomic E-state index is 13.1. The van der Waals surface area contributed by atoms with Crippen LogP contribution < -0.4 is 15.4 Å². The van der Waals surface area contributed by atoms with Gasteiger partial charge in [0.25, 0.3) is 0 Å². The maximum absolute atomic E-state index is 13.1. The molecule has 11 nitrogen and oxygen atoms in total. The Morgan fingerprint density at radius 3 is 2.49 bits per heavy atom. The van der Waals surface area contributed by atoms with Crippen LogP contribution in [0.15, 0.2) is 36.4 Å². The Kier molecular flexibility index (Phi) is 12.8. The van der Waals surface area contributed by atoms with Crippen LogP contribution in [0.3, 0.4) is 0 Å². The molecule has 1 fully saturated rings. The highest BCUT2D eigenvalue weighted by molar-refractivity contribution is 7.84. The molecule has 0 spiro atoms. The molecule has 0 saturated carbocycles. The molecule has 1 aromatic carbocycles. The van der Waals surface area contributed by atoms with Gasteiger partial charge in [-0.2, -0.15) is 0 Å². The van der Waals surface area contributed by atoms with Crippen LogP contribution in [0.1, 0.15) is 72.7 Å². The molecule has 4 N–H and O–H groups in total. The fourth-order valence-corrected chi connectivity index (χ4v) is 5.59. The summed E-state index contributed by atoms with van der Waals surface area (Å²) in [6.45, 7) is 16.2. The van der Waals surface area contributed by atoms with Crippen LogP contribution >= 0.6 is 0 Å². The van der Waals surface area contributed by atoms with E-state index >= 15 is 0 Å². The molecule has 2 heterocycles. The zero-order valence-electron chi connectivity index (χ0n) is 27.6. The number of nitrogens with one attached hydrogen (secondary N) is 3. The summed E-state index contributed by atoms with van der Waals surface area (Å²) in [7, 11) is -1.21. The number of aromatic nitrogens is 1. The maximum Gasteiger partial charge on any atom is 0.322 e. The molecule has 2 amide bonds. The Morgan fingerprint density at radius 2 is 1.84 bits per heavy atom. The van der Waals surface area contributed by atoms with Crippen LogP contribution in [-0.4, -0.2) is 86.2 Å². The molecule has 3 rings (SSSR count). The number of benzene rings is 1. The smallest absolute Gasteiger partial charge is 0.322 e. The first kappa shape index (κ1) is 36.3. The molecule has 1 unspecified atom stereocenters. The van der Waals surface area contributed by atoms with Gasteiger partial charge in [0.15, 0.2) is 0 Å². The molecule has 12 heteroatoms. The van der Waals surface area contributed by atoms with Crippen molar-refractivity contribution in [3.8, 4) is 0 Å². The zero-order chi connectivity index (χ0) is 33.5. The number of hydrogen-bond acceptors (Lipinski definition) is 7. The number of amides is 2. The van der Waals surface area contributed by atoms with Gasteiger partial charge in [-0.05, 0) is 64.2 Å². The molecular formula is C33H49N5O6S. The molecule has 1 aliphatic heterocycles. The van der Waals surface area contributed by atoms with E-state index in [1.807, 2.05) is 91.0 Å². The van der Waals surface area contributed by atoms with Crippen molar-refractivity contribution in [2.24, 2.45) is 11.8 Å². The number of carbonyl (C=O) groups is 3. The molecule has 1 aromatic heterocycles. The Morgan fingerprint density at radius 1 is 1.16 bits per heavy atom. The van der Waals surface area contributed by atoms with Gasteiger partial charge in [0.1, 0.15) is 18.2 Å². The van der Waals surface area contributed by atoms with Crippen molar-refractivity contribution in [2.75, 3.05) is 26.2 Å². The largest absolute Gasteiger partial charge is 0.480 e. The highest BCUT2D eigenvalue weighted by Gasteiger charge is 2.32. The van der Waals surface area contributed by atoms with E-state index in [1.165, 1.54) is 4.90 Å². The molecule has 0 aliphatic carbocycles. The Bertz CT molecular complexity index is 1410. The minimum Gasteiger partial charge on any atom is -0.480 e. The first-order valence-electron chi connectivity index (χ1n) is 15.5. The fraction of sp³-hybridized carbons (Fsp3) is 0.576. The third kappa shape index (κ3) is 10.4. The molecule has 0 bridgehead atoms. The van der Waals surface area contributed by atoms with Crippen molar-refractivity contribution in [1.29, 1.82) is 0 Å². The minimum absolute atomic E-state index is 0.00139. The summed E-state index contributed by atoms with van der Waals surface area (Å²) in [5.74, 6) is -1.84. The standard InChI is InChI=1S/C33H49N5O6S/c1-20(2)29(30(39)35-23(5)31(40)38-16-15-34-28(18-38)32(41)42)44-19-21(3)9-10-24-11-12-25-13-14-26(36-27(25)17-24)22(4)37-45(43)33(6,7)8/h9-14,17,20-23,28-29,34,37H,15-16,18-19H2,1-8H3,(H,35,39)(H,41,42)/b10-9+/t21?,22-,23+,28+,29+,45-/m1/s1. The molecule has 1 aliphatic rings. The number of ether oxygens (including phenoxy) is 1. The lowest BCUT2D eigenvalue weighted by Gasteiger charge is -2.33. The van der Waals surface area contributed by atoms with E-state index in [2.05, 4.69) is 15.4 Å². The highest BCUT2D eigenvalue weighted by Crippen LogP contribution is 2.21. The fourth-order valence-electron chi connectivity index (χ4n) is 4.80. The molecule has 45 heavy (non-hydrogen) atoms. The molecule has 2 aromatic rings. The molecule has 0 radical (unpaired) electrons. The second kappa shape index (κ2) is 15.9. The lowest BCUT2D eigenvalue weighted by molar-refractivity contribution is -0.145. The Hall–Kier alpha value is -3.19. The van der Waals surface area contributed by atoms with Gasteiger partial charge in [0.05, 0.1) is 39.6 Å². The van der Waals surface area contributed by atoms with Gasteiger partial charge in [-0.15, -0.1) is 0 Å². The zero-order valence-corrected chi connectivity index (χ0v) is 28.4. The van der Waals surface area contributed by atoms with Gasteiger partial charge in [-0.25, -0.2) is 8.93 Å². The number of carboxylic acids is 1. The number of carboxylic acid groups (broad SMARTS) is 1. The molecular weight excluding hydrogens is 594 g/mol. The normalized spacial score (nSPS) is 19.3. The summed E-state index contributed by atoms with van der Waals surface area (Å²) in [5.41, 5.74) is 2.63. The Labute approximate surface area is 269 Å². The quantitative estimate of drug-likeness (QED) is 0.259. The highest BCUT2D eigenvalue weighted by atomic mass is 32.2. The number of hydrogen-bond donors (Lipinski definition) is 4. The average Bonchev–Trinajstić information content (AvgIpc) is 2.98. The van der Waals surface area contributed by atoms with Crippen LogP contribution in [0.4, 0.5) is 0 Å². The van der Waals surface area contributed by atoms with Gasteiger partial charge < -0.3 is 25.4 Å². The van der Waals surface area contributed by atoms with Crippen LogP contribution in [0.2, 0.25) is 0 Å². The summed E-state index contributed by atoms with van der Waals surface area (Å²) in [5, 5.41) is 15.9. The van der Waals surface area contributed by atoms with Crippen LogP contribution in [0.25, 0.3) is 17.0 Å². The summed E-state index contributed by atoms with van der Waals surface area (Å²) in [6, 6.07) is 8.20. The van der Waals surface area contributed by atoms with Gasteiger partial charge >= 0.3 is 5.97 Å². The van der Waals surface area contributed by atoms with Crippen molar-refractivity contribution in [1.82, 2.24) is 25.2 Å². The first-order valence-corrected chi connectivity index (χ1v) is 16.7. The van der Waals surface area contributed by atoms with Crippen LogP contribution in [-0.2, 0) is 30.1 Å². The summed E-state index contributed by atoms with van der Waals surface area (Å²) in [4.78, 5) is 43.6. The SMILES string of the molecule is CC(/C=C/c1ccc2ccc([C@@H](C)N[S@](=O)C(C)(C)C)nc2c1)CO[C@H](C(=O)N[C@@H](C)C(=O)N1CCN[C@H](C(=O)O)C1)C(C)C. The number of nitrogens with zero attached hydrogens (tertiary/aromatic N) is 2. The van der Waals surface area contributed by atoms with Crippen molar-refractivity contribution in [3.05, 3.63) is 47.7 Å². The van der Waals surface area contributed by atoms with E-state index in [-0.39, 0.29) is 41.0 Å². The van der Waals surface area contributed by atoms with Gasteiger partial charge in [-0.3, -0.25) is 19.4 Å². The van der Waals surface area contributed by atoms with Crippen molar-refractivity contribution >= 4 is 45.7 Å². The van der Waals surface area contributed by atoms with E-state index in [9.17, 15) is 23.7 Å². The van der Waals surface area contributed by atoms with Gasteiger partial charge in [0.2, 0.25) is 11.8 Å². The van der Waals surface area contributed by atoms with Gasteiger partial charge in [0, 0.05) is 25.0 Å². The summed E-state index contributed by atoms with van der Waals surface area (Å²) in [6.07, 6.45) is 3.27. The average molecular weight is 644 g/mol. The van der Waals surface area contributed by atoms with Gasteiger partial charge in [-0.1, -0.05) is 51.1 Å². The summed E-state index contributed by atoms with van der Waals surface area (Å²) >= 11 is 0. The summed E-state index contributed by atoms with van der Waals surface area (Å²) < 4.78 is 21.4. The van der Waals surface area contributed by atoms with E-state index in [4.69, 9.17) is 9.72 Å². The lowest BCUT2D eigenvalue weighted by atomic mass is 10.0. The molecule has 6 atom stereocenters. The van der Waals surface area contributed by atoms with Crippen molar-refractivity contribution in [2.45, 2.75) is 84.4 Å². The second-order valence-electron chi connectivity index (χ2n) is 13.1. The number of pyridine rings is 1. The monoisotopic (exact) mass is 643 g/mol. The number of piperazine rings is 1. The number of fused-ring (bicyclic) bond motifs is 1. The van der Waals surface area contributed by atoms with Crippen LogP contribution in [0, 0.1) is 11.8 Å². The van der Waals surface area contributed by atoms with Crippen molar-refractivity contribution < 1.29 is 28.4 Å². The van der Waals surface area contributed by atoms with E-state index in [0.29, 0.717) is 19.7 Å². The first-order chi connectivity index (χ1) is 21.1. The van der Waals surface area contributed by atoms with E-state index in [1.54, 1.807) is 6.92 Å². The third-order valence-corrected chi connectivity index (χ3v) is 9.24. The van der Waals surface area contributed by atoms with E-state index in [0.717, 1.165) is 22.2 Å². The lowest BCUT2D eigenvalue weighted by Crippen LogP contribution is -2.59. The van der Waals surface area contributed by atoms with E-state index < -0.39 is 35.1 Å². The molecule has 1 saturated heterocycles. The second-order valence-corrected chi connectivity index (χ2v) is 15.1. The minimum atomic E-state index is -1.21. The predicted octanol–water partition coefficient (Wildman–Crippen LogP) is 3.43. The number of rotatable bonds is 13. The molecule has 248 valence electrons. The number of aliphatic carboxylic acids is 1. The van der Waals surface area contributed by atoms with Crippen molar-refractivity contribution in [3.63, 3.8) is 0 Å². The third-order valence-electron chi connectivity index (χ3n) is 7.56. The topological polar surface area (TPSA) is 150 Å². The van der Waals surface area contributed by atoms with Crippen LogP contribution in [0.5, 0.6) is 0 Å².